The topological polar surface area (TPSA) is 43.1 Å². The molecule has 0 heterocycles. The zero-order valence-electron chi connectivity index (χ0n) is 9.40. The van der Waals surface area contributed by atoms with Crippen LogP contribution in [0.3, 0.4) is 0 Å². The minimum absolute atomic E-state index is 0.140. The number of anilines is 1. The maximum Gasteiger partial charge on any atom is 0.159 e. The first-order valence-corrected chi connectivity index (χ1v) is 6.56. The van der Waals surface area contributed by atoms with Gasteiger partial charge in [-0.05, 0) is 42.0 Å². The van der Waals surface area contributed by atoms with Crippen molar-refractivity contribution in [1.82, 2.24) is 0 Å². The third-order valence-corrected chi connectivity index (χ3v) is 3.82. The van der Waals surface area contributed by atoms with E-state index in [2.05, 4.69) is 0 Å². The molecule has 2 aromatic rings. The summed E-state index contributed by atoms with van der Waals surface area (Å²) in [5.41, 5.74) is 6.60. The molecule has 0 bridgehead atoms. The van der Waals surface area contributed by atoms with Crippen LogP contribution in [0.5, 0.6) is 0 Å². The van der Waals surface area contributed by atoms with Crippen molar-refractivity contribution in [3.8, 4) is 0 Å². The molecule has 0 aliphatic rings. The number of nitrogens with two attached hydrogens (primary N) is 1. The molecule has 2 N–H and O–H groups in total. The van der Waals surface area contributed by atoms with E-state index in [0.717, 1.165) is 12.1 Å². The second-order valence-electron chi connectivity index (χ2n) is 3.81. The zero-order valence-corrected chi connectivity index (χ0v) is 10.2. The summed E-state index contributed by atoms with van der Waals surface area (Å²) in [7, 11) is -1.30. The molecule has 0 spiro atoms. The highest BCUT2D eigenvalue weighted by Gasteiger charge is 2.08. The van der Waals surface area contributed by atoms with Crippen LogP contribution in [-0.4, -0.2) is 4.21 Å². The van der Waals surface area contributed by atoms with Gasteiger partial charge in [0.25, 0.3) is 0 Å². The Balaban J connectivity index is 2.16. The number of halogens is 2. The normalized spacial score (nSPS) is 12.3. The van der Waals surface area contributed by atoms with E-state index < -0.39 is 22.4 Å². The lowest BCUT2D eigenvalue weighted by Gasteiger charge is -2.04. The van der Waals surface area contributed by atoms with Crippen molar-refractivity contribution in [2.24, 2.45) is 0 Å². The van der Waals surface area contributed by atoms with E-state index in [0.29, 0.717) is 16.1 Å². The van der Waals surface area contributed by atoms with Crippen molar-refractivity contribution >= 4 is 16.5 Å². The molecule has 0 amide bonds. The van der Waals surface area contributed by atoms with Crippen LogP contribution in [-0.2, 0) is 16.6 Å². The molecule has 1 atom stereocenters. The summed E-state index contributed by atoms with van der Waals surface area (Å²) < 4.78 is 37.7. The van der Waals surface area contributed by atoms with Crippen molar-refractivity contribution in [1.29, 1.82) is 0 Å². The smallest absolute Gasteiger partial charge is 0.159 e. The SMILES string of the molecule is Nc1ccc(S(=O)Cc2ccc(F)c(F)c2)cc1. The van der Waals surface area contributed by atoms with Crippen LogP contribution in [0.25, 0.3) is 0 Å². The van der Waals surface area contributed by atoms with Crippen LogP contribution in [0, 0.1) is 11.6 Å². The molecule has 1 unspecified atom stereocenters. The van der Waals surface area contributed by atoms with Crippen LogP contribution in [0.1, 0.15) is 5.56 Å². The summed E-state index contributed by atoms with van der Waals surface area (Å²) >= 11 is 0. The Morgan fingerprint density at radius 2 is 1.67 bits per heavy atom. The molecule has 0 aromatic heterocycles. The molecule has 2 nitrogen and oxygen atoms in total. The number of hydrogen-bond donors (Lipinski definition) is 1. The molecule has 0 saturated carbocycles. The second kappa shape index (κ2) is 5.27. The monoisotopic (exact) mass is 267 g/mol. The van der Waals surface area contributed by atoms with Gasteiger partial charge in [0.2, 0.25) is 0 Å². The Bertz CT molecular complexity index is 584. The molecule has 0 saturated heterocycles. The molecule has 5 heteroatoms. The fourth-order valence-electron chi connectivity index (χ4n) is 1.48. The van der Waals surface area contributed by atoms with Gasteiger partial charge in [0.05, 0.1) is 16.6 Å². The van der Waals surface area contributed by atoms with E-state index in [1.165, 1.54) is 6.07 Å². The Kier molecular flexibility index (Phi) is 3.72. The van der Waals surface area contributed by atoms with Crippen molar-refractivity contribution in [3.05, 3.63) is 59.7 Å². The molecule has 18 heavy (non-hydrogen) atoms. The van der Waals surface area contributed by atoms with Gasteiger partial charge in [-0.25, -0.2) is 8.78 Å². The number of hydrogen-bond acceptors (Lipinski definition) is 2. The number of rotatable bonds is 3. The highest BCUT2D eigenvalue weighted by Crippen LogP contribution is 2.16. The zero-order chi connectivity index (χ0) is 13.1. The van der Waals surface area contributed by atoms with Gasteiger partial charge in [0, 0.05) is 10.6 Å². The largest absolute Gasteiger partial charge is 0.399 e. The predicted molar refractivity (Wildman–Crippen MR) is 67.3 cm³/mol. The van der Waals surface area contributed by atoms with Gasteiger partial charge in [-0.3, -0.25) is 4.21 Å². The third-order valence-electron chi connectivity index (χ3n) is 2.42. The van der Waals surface area contributed by atoms with Gasteiger partial charge in [-0.15, -0.1) is 0 Å². The lowest BCUT2D eigenvalue weighted by molar-refractivity contribution is 0.507. The molecular formula is C13H11F2NOS. The number of benzene rings is 2. The van der Waals surface area contributed by atoms with E-state index in [9.17, 15) is 13.0 Å². The maximum atomic E-state index is 13.0. The minimum atomic E-state index is -1.30. The van der Waals surface area contributed by atoms with Crippen LogP contribution in [0.15, 0.2) is 47.4 Å². The molecule has 0 aliphatic heterocycles. The lowest BCUT2D eigenvalue weighted by atomic mass is 10.2. The van der Waals surface area contributed by atoms with Crippen molar-refractivity contribution < 1.29 is 13.0 Å². The molecule has 0 radical (unpaired) electrons. The third kappa shape index (κ3) is 2.92. The van der Waals surface area contributed by atoms with Crippen molar-refractivity contribution in [2.75, 3.05) is 5.73 Å². The first-order chi connectivity index (χ1) is 8.56. The van der Waals surface area contributed by atoms with Gasteiger partial charge in [-0.2, -0.15) is 0 Å². The average Bonchev–Trinajstić information content (AvgIpc) is 2.34. The van der Waals surface area contributed by atoms with E-state index >= 15 is 0 Å². The van der Waals surface area contributed by atoms with Crippen LogP contribution >= 0.6 is 0 Å². The first-order valence-electron chi connectivity index (χ1n) is 5.24. The quantitative estimate of drug-likeness (QED) is 0.869. The average molecular weight is 267 g/mol. The fourth-order valence-corrected chi connectivity index (χ4v) is 2.57. The predicted octanol–water partition coefficient (Wildman–Crippen LogP) is 2.85. The molecule has 0 fully saturated rings. The standard InChI is InChI=1S/C13H11F2NOS/c14-12-6-1-9(7-13(12)15)8-18(17)11-4-2-10(16)3-5-11/h1-7H,8,16H2. The molecule has 2 aromatic carbocycles. The van der Waals surface area contributed by atoms with Crippen molar-refractivity contribution in [3.63, 3.8) is 0 Å². The molecular weight excluding hydrogens is 256 g/mol. The summed E-state index contributed by atoms with van der Waals surface area (Å²) in [6.45, 7) is 0. The first kappa shape index (κ1) is 12.7. The van der Waals surface area contributed by atoms with Gasteiger partial charge >= 0.3 is 0 Å². The van der Waals surface area contributed by atoms with Gasteiger partial charge < -0.3 is 5.73 Å². The highest BCUT2D eigenvalue weighted by molar-refractivity contribution is 7.84. The summed E-state index contributed by atoms with van der Waals surface area (Å²) in [4.78, 5) is 0.605. The lowest BCUT2D eigenvalue weighted by Crippen LogP contribution is -1.98. The van der Waals surface area contributed by atoms with Gasteiger partial charge in [0.15, 0.2) is 11.6 Å². The summed E-state index contributed by atoms with van der Waals surface area (Å²) in [6.07, 6.45) is 0. The van der Waals surface area contributed by atoms with Gasteiger partial charge in [-0.1, -0.05) is 6.07 Å². The summed E-state index contributed by atoms with van der Waals surface area (Å²) in [5.74, 6) is -1.69. The molecule has 2 rings (SSSR count). The van der Waals surface area contributed by atoms with Gasteiger partial charge in [0.1, 0.15) is 0 Å². The second-order valence-corrected chi connectivity index (χ2v) is 5.26. The van der Waals surface area contributed by atoms with E-state index in [1.54, 1.807) is 24.3 Å². The van der Waals surface area contributed by atoms with Crippen LogP contribution in [0.2, 0.25) is 0 Å². The van der Waals surface area contributed by atoms with E-state index in [1.807, 2.05) is 0 Å². The Morgan fingerprint density at radius 3 is 2.28 bits per heavy atom. The number of nitrogen functional groups attached to an aromatic ring is 1. The van der Waals surface area contributed by atoms with Crippen molar-refractivity contribution in [2.45, 2.75) is 10.6 Å². The fraction of sp³-hybridized carbons (Fsp3) is 0.0769. The Morgan fingerprint density at radius 1 is 1.00 bits per heavy atom. The minimum Gasteiger partial charge on any atom is -0.399 e. The van der Waals surface area contributed by atoms with Crippen LogP contribution < -0.4 is 5.73 Å². The maximum absolute atomic E-state index is 13.0. The van der Waals surface area contributed by atoms with E-state index in [-0.39, 0.29) is 5.75 Å². The molecule has 94 valence electrons. The van der Waals surface area contributed by atoms with Crippen LogP contribution in [0.4, 0.5) is 14.5 Å². The molecule has 0 aliphatic carbocycles. The Hall–Kier alpha value is -1.75. The Labute approximate surface area is 106 Å². The van der Waals surface area contributed by atoms with E-state index in [4.69, 9.17) is 5.73 Å². The highest BCUT2D eigenvalue weighted by atomic mass is 32.2. The summed E-state index contributed by atoms with van der Waals surface area (Å²) in [6, 6.07) is 10.1. The summed E-state index contributed by atoms with van der Waals surface area (Å²) in [5, 5.41) is 0.